The van der Waals surface area contributed by atoms with Crippen LogP contribution < -0.4 is 11.3 Å². The van der Waals surface area contributed by atoms with Crippen LogP contribution in [0.15, 0.2) is 67.0 Å². The molecular formula is C26H18O10. The Morgan fingerprint density at radius 1 is 0.583 bits per heavy atom. The van der Waals surface area contributed by atoms with Gasteiger partial charge in [-0.1, -0.05) is 18.2 Å². The molecule has 0 saturated carbocycles. The van der Waals surface area contributed by atoms with Gasteiger partial charge in [-0.15, -0.1) is 0 Å². The van der Waals surface area contributed by atoms with Crippen molar-refractivity contribution in [3.63, 3.8) is 0 Å². The number of benzene rings is 2. The summed E-state index contributed by atoms with van der Waals surface area (Å²) in [5, 5.41) is 59.1. The van der Waals surface area contributed by atoms with Crippen LogP contribution in [0.4, 0.5) is 0 Å². The Labute approximate surface area is 201 Å². The number of hydrogen-bond acceptors (Lipinski definition) is 10. The monoisotopic (exact) mass is 490 g/mol. The second kappa shape index (κ2) is 9.47. The van der Waals surface area contributed by atoms with Crippen LogP contribution in [0.5, 0.6) is 34.5 Å². The first kappa shape index (κ1) is 23.8. The molecule has 0 aliphatic heterocycles. The van der Waals surface area contributed by atoms with Gasteiger partial charge in [-0.25, -0.2) is 9.59 Å². The summed E-state index contributed by atoms with van der Waals surface area (Å²) in [6, 6.07) is 9.42. The highest BCUT2D eigenvalue weighted by Gasteiger charge is 2.18. The van der Waals surface area contributed by atoms with E-state index in [1.807, 2.05) is 0 Å². The predicted molar refractivity (Wildman–Crippen MR) is 130 cm³/mol. The zero-order chi connectivity index (χ0) is 26.0. The number of aromatic hydroxyl groups is 6. The zero-order valence-corrected chi connectivity index (χ0v) is 18.2. The van der Waals surface area contributed by atoms with E-state index in [2.05, 4.69) is 0 Å². The van der Waals surface area contributed by atoms with E-state index in [-0.39, 0.29) is 45.5 Å². The molecule has 10 heteroatoms. The lowest BCUT2D eigenvalue weighted by atomic mass is 9.98. The van der Waals surface area contributed by atoms with Gasteiger partial charge in [0.25, 0.3) is 0 Å². The van der Waals surface area contributed by atoms with Crippen LogP contribution in [0.1, 0.15) is 22.6 Å². The normalized spacial score (nSPS) is 11.4. The van der Waals surface area contributed by atoms with Crippen LogP contribution in [0, 0.1) is 0 Å². The summed E-state index contributed by atoms with van der Waals surface area (Å²) in [4.78, 5) is 24.2. The Bertz CT molecular complexity index is 1640. The summed E-state index contributed by atoms with van der Waals surface area (Å²) in [5.74, 6) is -2.61. The first-order valence-corrected chi connectivity index (χ1v) is 10.3. The van der Waals surface area contributed by atoms with Gasteiger partial charge in [0.05, 0.1) is 6.07 Å². The van der Waals surface area contributed by atoms with Gasteiger partial charge in [-0.2, -0.15) is 0 Å². The molecule has 0 aliphatic carbocycles. The third-order valence-electron chi connectivity index (χ3n) is 5.01. The molecule has 0 fully saturated rings. The Balaban J connectivity index is 1.75. The highest BCUT2D eigenvalue weighted by Crippen LogP contribution is 2.38. The molecule has 182 valence electrons. The van der Waals surface area contributed by atoms with Crippen molar-refractivity contribution >= 4 is 24.3 Å². The maximum Gasteiger partial charge on any atom is 0.347 e. The average molecular weight is 490 g/mol. The lowest BCUT2D eigenvalue weighted by Gasteiger charge is -2.10. The fourth-order valence-electron chi connectivity index (χ4n) is 3.34. The summed E-state index contributed by atoms with van der Waals surface area (Å²) in [6.45, 7) is 0. The van der Waals surface area contributed by atoms with Gasteiger partial charge in [0.15, 0.2) is 23.0 Å². The Hall–Kier alpha value is -5.38. The number of rotatable bonds is 5. The largest absolute Gasteiger partial charge is 0.508 e. The standard InChI is InChI=1S/C26H18O10/c27-15-9-16(35-24(33)10-15)5-3-14-8-21(30)22(31)12-18(14)25-23(32)11-17(36-26(25)34)4-1-13-2-6-19(28)20(29)7-13/h1-12,27-32H. The van der Waals surface area contributed by atoms with Crippen LogP contribution in [-0.4, -0.2) is 30.6 Å². The summed E-state index contributed by atoms with van der Waals surface area (Å²) in [6.07, 6.45) is 5.44. The van der Waals surface area contributed by atoms with Gasteiger partial charge >= 0.3 is 11.3 Å². The molecule has 2 aromatic carbocycles. The minimum absolute atomic E-state index is 0.00529. The fourth-order valence-corrected chi connectivity index (χ4v) is 3.34. The molecule has 4 aromatic rings. The van der Waals surface area contributed by atoms with E-state index in [1.54, 1.807) is 0 Å². The smallest absolute Gasteiger partial charge is 0.347 e. The fraction of sp³-hybridized carbons (Fsp3) is 0. The minimum Gasteiger partial charge on any atom is -0.508 e. The van der Waals surface area contributed by atoms with Gasteiger partial charge in [0.2, 0.25) is 0 Å². The van der Waals surface area contributed by atoms with E-state index >= 15 is 0 Å². The molecule has 0 aliphatic rings. The lowest BCUT2D eigenvalue weighted by Crippen LogP contribution is -2.05. The summed E-state index contributed by atoms with van der Waals surface area (Å²) < 4.78 is 10.2. The first-order chi connectivity index (χ1) is 17.1. The van der Waals surface area contributed by atoms with E-state index in [9.17, 15) is 40.2 Å². The number of phenolic OH excluding ortho intramolecular Hbond substituents is 4. The maximum absolute atomic E-state index is 12.8. The van der Waals surface area contributed by atoms with Crippen molar-refractivity contribution in [1.29, 1.82) is 0 Å². The molecular weight excluding hydrogens is 472 g/mol. The quantitative estimate of drug-likeness (QED) is 0.225. The highest BCUT2D eigenvalue weighted by atomic mass is 16.4. The van der Waals surface area contributed by atoms with Crippen LogP contribution >= 0.6 is 0 Å². The molecule has 36 heavy (non-hydrogen) atoms. The molecule has 2 aromatic heterocycles. The second-order valence-electron chi connectivity index (χ2n) is 7.58. The Morgan fingerprint density at radius 2 is 1.25 bits per heavy atom. The van der Waals surface area contributed by atoms with E-state index in [0.717, 1.165) is 24.3 Å². The minimum atomic E-state index is -0.966. The van der Waals surface area contributed by atoms with Gasteiger partial charge in [-0.05, 0) is 47.5 Å². The molecule has 2 heterocycles. The third kappa shape index (κ3) is 5.07. The molecule has 0 bridgehead atoms. The van der Waals surface area contributed by atoms with Crippen molar-refractivity contribution in [2.24, 2.45) is 0 Å². The second-order valence-corrected chi connectivity index (χ2v) is 7.58. The predicted octanol–water partition coefficient (Wildman–Crippen LogP) is 3.83. The maximum atomic E-state index is 12.8. The van der Waals surface area contributed by atoms with Crippen molar-refractivity contribution in [3.8, 4) is 45.6 Å². The van der Waals surface area contributed by atoms with Crippen LogP contribution in [-0.2, 0) is 0 Å². The van der Waals surface area contributed by atoms with Crippen molar-refractivity contribution in [3.05, 3.63) is 92.0 Å². The Morgan fingerprint density at radius 3 is 1.94 bits per heavy atom. The van der Waals surface area contributed by atoms with Crippen LogP contribution in [0.25, 0.3) is 35.4 Å². The molecule has 0 unspecified atom stereocenters. The molecule has 4 rings (SSSR count). The van der Waals surface area contributed by atoms with E-state index in [0.29, 0.717) is 5.56 Å². The van der Waals surface area contributed by atoms with E-state index in [4.69, 9.17) is 8.83 Å². The molecule has 0 atom stereocenters. The SMILES string of the molecule is O=c1cc(O)cc(C=Cc2cc(O)c(O)cc2-c2c(O)cc(C=Cc3ccc(O)c(O)c3)oc2=O)o1. The molecule has 0 radical (unpaired) electrons. The van der Waals surface area contributed by atoms with E-state index in [1.165, 1.54) is 48.6 Å². The number of phenols is 4. The molecule has 0 saturated heterocycles. The van der Waals surface area contributed by atoms with Crippen molar-refractivity contribution < 1.29 is 39.5 Å². The van der Waals surface area contributed by atoms with Crippen LogP contribution in [0.2, 0.25) is 0 Å². The van der Waals surface area contributed by atoms with Crippen LogP contribution in [0.3, 0.4) is 0 Å². The molecule has 6 N–H and O–H groups in total. The van der Waals surface area contributed by atoms with Gasteiger partial charge in [-0.3, -0.25) is 0 Å². The molecule has 0 amide bonds. The van der Waals surface area contributed by atoms with Gasteiger partial charge < -0.3 is 39.5 Å². The zero-order valence-electron chi connectivity index (χ0n) is 18.2. The van der Waals surface area contributed by atoms with Gasteiger partial charge in [0.1, 0.15) is 28.6 Å². The van der Waals surface area contributed by atoms with Crippen molar-refractivity contribution in [2.45, 2.75) is 0 Å². The lowest BCUT2D eigenvalue weighted by molar-refractivity contribution is 0.403. The molecule has 10 nitrogen and oxygen atoms in total. The average Bonchev–Trinajstić information content (AvgIpc) is 2.80. The first-order valence-electron chi connectivity index (χ1n) is 10.3. The summed E-state index contributed by atoms with van der Waals surface area (Å²) in [7, 11) is 0. The summed E-state index contributed by atoms with van der Waals surface area (Å²) in [5.41, 5.74) is -1.47. The topological polar surface area (TPSA) is 182 Å². The highest BCUT2D eigenvalue weighted by molar-refractivity contribution is 5.84. The van der Waals surface area contributed by atoms with E-state index < -0.39 is 28.5 Å². The van der Waals surface area contributed by atoms with Crippen molar-refractivity contribution in [1.82, 2.24) is 0 Å². The molecule has 0 spiro atoms. The Kier molecular flexibility index (Phi) is 6.25. The number of hydrogen-bond donors (Lipinski definition) is 6. The summed E-state index contributed by atoms with van der Waals surface area (Å²) >= 11 is 0. The van der Waals surface area contributed by atoms with Gasteiger partial charge in [0, 0.05) is 17.7 Å². The third-order valence-corrected chi connectivity index (χ3v) is 5.01. The van der Waals surface area contributed by atoms with Crippen molar-refractivity contribution in [2.75, 3.05) is 0 Å².